The van der Waals surface area contributed by atoms with Crippen LogP contribution >= 0.6 is 0 Å². The summed E-state index contributed by atoms with van der Waals surface area (Å²) in [6, 6.07) is 10.6. The van der Waals surface area contributed by atoms with Crippen molar-refractivity contribution in [2.24, 2.45) is 5.92 Å². The smallest absolute Gasteiger partial charge is 0.0704 e. The van der Waals surface area contributed by atoms with Crippen LogP contribution in [0, 0.1) is 5.92 Å². The summed E-state index contributed by atoms with van der Waals surface area (Å²) in [4.78, 5) is 4.42. The Kier molecular flexibility index (Phi) is 5.34. The Morgan fingerprint density at radius 1 is 1.21 bits per heavy atom. The van der Waals surface area contributed by atoms with Gasteiger partial charge in [0.1, 0.15) is 0 Å². The normalized spacial score (nSPS) is 12.7. The predicted octanol–water partition coefficient (Wildman–Crippen LogP) is 3.80. The van der Waals surface area contributed by atoms with Gasteiger partial charge in [-0.1, -0.05) is 32.0 Å². The maximum absolute atomic E-state index is 4.42. The molecule has 2 heteroatoms. The van der Waals surface area contributed by atoms with Crippen molar-refractivity contribution in [2.75, 3.05) is 13.1 Å². The van der Waals surface area contributed by atoms with E-state index in [0.29, 0.717) is 0 Å². The third kappa shape index (κ3) is 4.03. The van der Waals surface area contributed by atoms with Gasteiger partial charge in [-0.2, -0.15) is 0 Å². The van der Waals surface area contributed by atoms with Crippen LogP contribution in [0.15, 0.2) is 36.5 Å². The van der Waals surface area contributed by atoms with Gasteiger partial charge in [0.25, 0.3) is 0 Å². The number of hydrogen-bond acceptors (Lipinski definition) is 2. The fourth-order valence-electron chi connectivity index (χ4n) is 2.40. The summed E-state index contributed by atoms with van der Waals surface area (Å²) in [5.74, 6) is 0.721. The lowest BCUT2D eigenvalue weighted by Crippen LogP contribution is -2.22. The fourth-order valence-corrected chi connectivity index (χ4v) is 2.40. The summed E-state index contributed by atoms with van der Waals surface area (Å²) in [5, 5.41) is 4.80. The van der Waals surface area contributed by atoms with Crippen molar-refractivity contribution < 1.29 is 0 Å². The topological polar surface area (TPSA) is 24.9 Å². The largest absolute Gasteiger partial charge is 0.316 e. The molecule has 0 amide bonds. The van der Waals surface area contributed by atoms with Crippen molar-refractivity contribution in [3.8, 4) is 0 Å². The van der Waals surface area contributed by atoms with Crippen LogP contribution in [0.4, 0.5) is 0 Å². The first-order chi connectivity index (χ1) is 9.31. The van der Waals surface area contributed by atoms with Crippen LogP contribution in [-0.2, 0) is 6.42 Å². The lowest BCUT2D eigenvalue weighted by molar-refractivity contribution is 0.482. The van der Waals surface area contributed by atoms with E-state index in [1.807, 2.05) is 6.20 Å². The van der Waals surface area contributed by atoms with Crippen molar-refractivity contribution in [3.05, 3.63) is 42.1 Å². The monoisotopic (exact) mass is 256 g/mol. The maximum atomic E-state index is 4.42. The average Bonchev–Trinajstić information content (AvgIpc) is 2.45. The van der Waals surface area contributed by atoms with Crippen LogP contribution < -0.4 is 5.32 Å². The molecule has 1 heterocycles. The van der Waals surface area contributed by atoms with Gasteiger partial charge in [0.2, 0.25) is 0 Å². The summed E-state index contributed by atoms with van der Waals surface area (Å²) in [6.07, 6.45) is 5.50. The minimum atomic E-state index is 0.721. The standard InChI is InChI=1S/C17H24N2/c1-3-11-18-13-14(2)8-9-15-10-12-19-17-7-5-4-6-16(15)17/h4-7,10,12,14,18H,3,8-9,11,13H2,1-2H3. The molecule has 1 atom stereocenters. The summed E-state index contributed by atoms with van der Waals surface area (Å²) < 4.78 is 0. The van der Waals surface area contributed by atoms with Crippen molar-refractivity contribution in [1.29, 1.82) is 0 Å². The van der Waals surface area contributed by atoms with Gasteiger partial charge in [-0.15, -0.1) is 0 Å². The number of rotatable bonds is 7. The molecule has 0 fully saturated rings. The van der Waals surface area contributed by atoms with Crippen LogP contribution in [-0.4, -0.2) is 18.1 Å². The molecule has 1 N–H and O–H groups in total. The number of para-hydroxylation sites is 1. The Labute approximate surface area is 116 Å². The van der Waals surface area contributed by atoms with Gasteiger partial charge in [-0.05, 0) is 56.0 Å². The van der Waals surface area contributed by atoms with E-state index >= 15 is 0 Å². The minimum Gasteiger partial charge on any atom is -0.316 e. The van der Waals surface area contributed by atoms with Crippen molar-refractivity contribution in [2.45, 2.75) is 33.1 Å². The molecule has 102 valence electrons. The molecule has 0 saturated carbocycles. The number of aromatic nitrogens is 1. The van der Waals surface area contributed by atoms with E-state index in [2.05, 4.69) is 54.5 Å². The van der Waals surface area contributed by atoms with Crippen molar-refractivity contribution in [1.82, 2.24) is 10.3 Å². The minimum absolute atomic E-state index is 0.721. The second-order valence-corrected chi connectivity index (χ2v) is 5.34. The summed E-state index contributed by atoms with van der Waals surface area (Å²) >= 11 is 0. The van der Waals surface area contributed by atoms with E-state index < -0.39 is 0 Å². The average molecular weight is 256 g/mol. The van der Waals surface area contributed by atoms with Gasteiger partial charge in [-0.3, -0.25) is 4.98 Å². The Morgan fingerprint density at radius 2 is 2.05 bits per heavy atom. The highest BCUT2D eigenvalue weighted by atomic mass is 14.8. The zero-order valence-corrected chi connectivity index (χ0v) is 12.0. The van der Waals surface area contributed by atoms with Gasteiger partial charge in [0.05, 0.1) is 5.52 Å². The number of aryl methyl sites for hydroxylation is 1. The molecule has 1 aromatic carbocycles. The van der Waals surface area contributed by atoms with Crippen LogP contribution in [0.25, 0.3) is 10.9 Å². The Hall–Kier alpha value is -1.41. The van der Waals surface area contributed by atoms with Gasteiger partial charge in [0, 0.05) is 11.6 Å². The molecule has 1 unspecified atom stereocenters. The number of nitrogens with zero attached hydrogens (tertiary/aromatic N) is 1. The number of pyridine rings is 1. The van der Waals surface area contributed by atoms with Gasteiger partial charge in [0.15, 0.2) is 0 Å². The number of fused-ring (bicyclic) bond motifs is 1. The SMILES string of the molecule is CCCNCC(C)CCc1ccnc2ccccc12. The van der Waals surface area contributed by atoms with E-state index in [4.69, 9.17) is 0 Å². The number of nitrogens with one attached hydrogen (secondary N) is 1. The molecule has 1 aromatic heterocycles. The lowest BCUT2D eigenvalue weighted by Gasteiger charge is -2.13. The molecule has 0 aliphatic heterocycles. The summed E-state index contributed by atoms with van der Waals surface area (Å²) in [5.41, 5.74) is 2.53. The van der Waals surface area contributed by atoms with E-state index in [0.717, 1.165) is 30.9 Å². The summed E-state index contributed by atoms with van der Waals surface area (Å²) in [6.45, 7) is 6.78. The molecule has 0 aliphatic rings. The maximum Gasteiger partial charge on any atom is 0.0704 e. The van der Waals surface area contributed by atoms with Gasteiger partial charge in [-0.25, -0.2) is 0 Å². The zero-order valence-electron chi connectivity index (χ0n) is 12.0. The van der Waals surface area contributed by atoms with Crippen LogP contribution in [0.3, 0.4) is 0 Å². The highest BCUT2D eigenvalue weighted by Gasteiger charge is 2.05. The summed E-state index contributed by atoms with van der Waals surface area (Å²) in [7, 11) is 0. The van der Waals surface area contributed by atoms with Crippen LogP contribution in [0.5, 0.6) is 0 Å². The number of hydrogen-bond donors (Lipinski definition) is 1. The van der Waals surface area contributed by atoms with Gasteiger partial charge >= 0.3 is 0 Å². The number of benzene rings is 1. The molecule has 0 aliphatic carbocycles. The molecule has 0 bridgehead atoms. The Morgan fingerprint density at radius 3 is 2.89 bits per heavy atom. The third-order valence-corrected chi connectivity index (χ3v) is 3.57. The first-order valence-electron chi connectivity index (χ1n) is 7.34. The third-order valence-electron chi connectivity index (χ3n) is 3.57. The highest BCUT2D eigenvalue weighted by Crippen LogP contribution is 2.19. The quantitative estimate of drug-likeness (QED) is 0.762. The van der Waals surface area contributed by atoms with Gasteiger partial charge < -0.3 is 5.32 Å². The second-order valence-electron chi connectivity index (χ2n) is 5.34. The van der Waals surface area contributed by atoms with Crippen LogP contribution in [0.2, 0.25) is 0 Å². The Bertz CT molecular complexity index is 502. The highest BCUT2D eigenvalue weighted by molar-refractivity contribution is 5.81. The Balaban J connectivity index is 1.94. The van der Waals surface area contributed by atoms with E-state index in [1.165, 1.54) is 23.8 Å². The molecular weight excluding hydrogens is 232 g/mol. The first-order valence-corrected chi connectivity index (χ1v) is 7.34. The molecule has 0 saturated heterocycles. The first kappa shape index (κ1) is 14.0. The van der Waals surface area contributed by atoms with Crippen LogP contribution in [0.1, 0.15) is 32.3 Å². The fraction of sp³-hybridized carbons (Fsp3) is 0.471. The van der Waals surface area contributed by atoms with Crippen molar-refractivity contribution in [3.63, 3.8) is 0 Å². The molecule has 2 nitrogen and oxygen atoms in total. The molecule has 19 heavy (non-hydrogen) atoms. The molecule has 2 rings (SSSR count). The molecule has 0 radical (unpaired) electrons. The van der Waals surface area contributed by atoms with Crippen molar-refractivity contribution >= 4 is 10.9 Å². The second kappa shape index (κ2) is 7.25. The molecular formula is C17H24N2. The predicted molar refractivity (Wildman–Crippen MR) is 82.4 cm³/mol. The zero-order chi connectivity index (χ0) is 13.5. The molecule has 0 spiro atoms. The van der Waals surface area contributed by atoms with E-state index in [1.54, 1.807) is 0 Å². The van der Waals surface area contributed by atoms with E-state index in [-0.39, 0.29) is 0 Å². The molecule has 2 aromatic rings. The lowest BCUT2D eigenvalue weighted by atomic mass is 9.98. The van der Waals surface area contributed by atoms with E-state index in [9.17, 15) is 0 Å².